The summed E-state index contributed by atoms with van der Waals surface area (Å²) in [5, 5.41) is 3.53. The smallest absolute Gasteiger partial charge is 0.263 e. The second kappa shape index (κ2) is 4.53. The van der Waals surface area contributed by atoms with Crippen LogP contribution >= 0.6 is 11.3 Å². The van der Waals surface area contributed by atoms with Crippen molar-refractivity contribution in [1.82, 2.24) is 10.3 Å². The van der Waals surface area contributed by atoms with E-state index >= 15 is 0 Å². The van der Waals surface area contributed by atoms with Crippen molar-refractivity contribution in [3.05, 3.63) is 10.6 Å². The van der Waals surface area contributed by atoms with Gasteiger partial charge in [-0.25, -0.2) is 4.98 Å². The summed E-state index contributed by atoms with van der Waals surface area (Å²) in [5.41, 5.74) is 6.35. The topological polar surface area (TPSA) is 68.0 Å². The molecule has 2 saturated carbocycles. The number of amides is 1. The van der Waals surface area contributed by atoms with Gasteiger partial charge in [-0.15, -0.1) is 0 Å². The lowest BCUT2D eigenvalue weighted by atomic mass is 9.89. The predicted octanol–water partition coefficient (Wildman–Crippen LogP) is 2.20. The van der Waals surface area contributed by atoms with Crippen LogP contribution in [0.2, 0.25) is 0 Å². The van der Waals surface area contributed by atoms with E-state index in [1.54, 1.807) is 0 Å². The molecular formula is C13H19N3OS. The highest BCUT2D eigenvalue weighted by molar-refractivity contribution is 7.17. The standard InChI is InChI=1S/C13H19N3OS/c1-7-11(18-13(14)16-7)12(17)15-6-10-5-8-2-3-9(10)4-8/h8-10H,2-6H2,1H3,(H2,14,16)(H,15,17). The van der Waals surface area contributed by atoms with Gasteiger partial charge in [0.1, 0.15) is 4.88 Å². The van der Waals surface area contributed by atoms with Crippen LogP contribution in [-0.2, 0) is 0 Å². The SMILES string of the molecule is Cc1nc(N)sc1C(=O)NCC1CC2CCC1C2. The number of nitrogens with zero attached hydrogens (tertiary/aromatic N) is 1. The number of hydrogen-bond donors (Lipinski definition) is 2. The predicted molar refractivity (Wildman–Crippen MR) is 72.5 cm³/mol. The van der Waals surface area contributed by atoms with Crippen molar-refractivity contribution in [2.45, 2.75) is 32.6 Å². The summed E-state index contributed by atoms with van der Waals surface area (Å²) in [5.74, 6) is 2.46. The van der Waals surface area contributed by atoms with E-state index in [1.165, 1.54) is 37.0 Å². The summed E-state index contributed by atoms with van der Waals surface area (Å²) in [4.78, 5) is 16.8. The molecule has 0 aromatic carbocycles. The molecule has 3 rings (SSSR count). The maximum Gasteiger partial charge on any atom is 0.263 e. The molecule has 0 spiro atoms. The molecule has 3 unspecified atom stereocenters. The van der Waals surface area contributed by atoms with Crippen LogP contribution < -0.4 is 11.1 Å². The molecule has 2 aliphatic carbocycles. The van der Waals surface area contributed by atoms with Gasteiger partial charge in [-0.05, 0) is 43.9 Å². The number of carbonyl (C=O) groups excluding carboxylic acids is 1. The zero-order valence-electron chi connectivity index (χ0n) is 10.6. The van der Waals surface area contributed by atoms with E-state index in [-0.39, 0.29) is 5.91 Å². The third kappa shape index (κ3) is 2.11. The van der Waals surface area contributed by atoms with Crippen LogP contribution in [0.5, 0.6) is 0 Å². The molecule has 4 nitrogen and oxygen atoms in total. The van der Waals surface area contributed by atoms with Gasteiger partial charge in [-0.3, -0.25) is 4.79 Å². The minimum atomic E-state index is -0.00975. The fourth-order valence-corrected chi connectivity index (χ4v) is 4.31. The van der Waals surface area contributed by atoms with E-state index in [2.05, 4.69) is 10.3 Å². The van der Waals surface area contributed by atoms with Crippen LogP contribution in [0.15, 0.2) is 0 Å². The lowest BCUT2D eigenvalue weighted by molar-refractivity contribution is 0.0945. The Balaban J connectivity index is 1.57. The molecule has 0 aliphatic heterocycles. The molecule has 0 radical (unpaired) electrons. The third-order valence-corrected chi connectivity index (χ3v) is 5.41. The maximum absolute atomic E-state index is 12.0. The Morgan fingerprint density at radius 2 is 2.33 bits per heavy atom. The average molecular weight is 265 g/mol. The Morgan fingerprint density at radius 3 is 2.89 bits per heavy atom. The maximum atomic E-state index is 12.0. The molecule has 5 heteroatoms. The molecule has 1 amide bonds. The number of nitrogen functional groups attached to an aromatic ring is 1. The summed E-state index contributed by atoms with van der Waals surface area (Å²) >= 11 is 1.27. The molecule has 18 heavy (non-hydrogen) atoms. The summed E-state index contributed by atoms with van der Waals surface area (Å²) in [6.45, 7) is 2.65. The number of fused-ring (bicyclic) bond motifs is 2. The van der Waals surface area contributed by atoms with Crippen LogP contribution in [-0.4, -0.2) is 17.4 Å². The van der Waals surface area contributed by atoms with E-state index in [0.29, 0.717) is 15.9 Å². The number of hydrogen-bond acceptors (Lipinski definition) is 4. The van der Waals surface area contributed by atoms with Crippen molar-refractivity contribution in [1.29, 1.82) is 0 Å². The highest BCUT2D eigenvalue weighted by Gasteiger charge is 2.39. The number of aromatic nitrogens is 1. The van der Waals surface area contributed by atoms with Gasteiger partial charge in [-0.1, -0.05) is 17.8 Å². The van der Waals surface area contributed by atoms with Crippen LogP contribution in [0.25, 0.3) is 0 Å². The van der Waals surface area contributed by atoms with Gasteiger partial charge < -0.3 is 11.1 Å². The zero-order valence-corrected chi connectivity index (χ0v) is 11.4. The molecular weight excluding hydrogens is 246 g/mol. The molecule has 3 N–H and O–H groups in total. The Morgan fingerprint density at radius 1 is 1.50 bits per heavy atom. The molecule has 3 atom stereocenters. The van der Waals surface area contributed by atoms with Crippen LogP contribution in [0.3, 0.4) is 0 Å². The molecule has 2 aliphatic rings. The van der Waals surface area contributed by atoms with Crippen LogP contribution in [0.4, 0.5) is 5.13 Å². The van der Waals surface area contributed by atoms with Crippen molar-refractivity contribution in [2.24, 2.45) is 17.8 Å². The van der Waals surface area contributed by atoms with Crippen molar-refractivity contribution in [3.63, 3.8) is 0 Å². The first-order valence-electron chi connectivity index (χ1n) is 6.64. The fraction of sp³-hybridized carbons (Fsp3) is 0.692. The van der Waals surface area contributed by atoms with E-state index in [9.17, 15) is 4.79 Å². The van der Waals surface area contributed by atoms with Crippen molar-refractivity contribution >= 4 is 22.4 Å². The number of nitrogens with one attached hydrogen (secondary N) is 1. The first kappa shape index (κ1) is 12.0. The third-order valence-electron chi connectivity index (χ3n) is 4.43. The fourth-order valence-electron chi connectivity index (χ4n) is 3.56. The average Bonchev–Trinajstić information content (AvgIpc) is 3.01. The quantitative estimate of drug-likeness (QED) is 0.880. The first-order valence-corrected chi connectivity index (χ1v) is 7.46. The van der Waals surface area contributed by atoms with E-state index in [0.717, 1.165) is 24.1 Å². The van der Waals surface area contributed by atoms with E-state index in [1.807, 2.05) is 6.92 Å². The monoisotopic (exact) mass is 265 g/mol. The molecule has 1 aromatic rings. The Kier molecular flexibility index (Phi) is 3.01. The second-order valence-corrected chi connectivity index (χ2v) is 6.64. The first-order chi connectivity index (χ1) is 8.63. The minimum Gasteiger partial charge on any atom is -0.375 e. The van der Waals surface area contributed by atoms with Gasteiger partial charge in [0.15, 0.2) is 5.13 Å². The summed E-state index contributed by atoms with van der Waals surface area (Å²) < 4.78 is 0. The van der Waals surface area contributed by atoms with Gasteiger partial charge >= 0.3 is 0 Å². The number of rotatable bonds is 3. The van der Waals surface area contributed by atoms with E-state index < -0.39 is 0 Å². The summed E-state index contributed by atoms with van der Waals surface area (Å²) in [6.07, 6.45) is 5.44. The Bertz CT molecular complexity index is 471. The highest BCUT2D eigenvalue weighted by atomic mass is 32.1. The summed E-state index contributed by atoms with van der Waals surface area (Å²) in [7, 11) is 0. The van der Waals surface area contributed by atoms with Gasteiger partial charge in [-0.2, -0.15) is 0 Å². The number of aryl methyl sites for hydroxylation is 1. The van der Waals surface area contributed by atoms with Crippen molar-refractivity contribution in [2.75, 3.05) is 12.3 Å². The van der Waals surface area contributed by atoms with Crippen molar-refractivity contribution in [3.8, 4) is 0 Å². The number of thiazole rings is 1. The Hall–Kier alpha value is -1.10. The normalized spacial score (nSPS) is 29.7. The largest absolute Gasteiger partial charge is 0.375 e. The number of nitrogens with two attached hydrogens (primary N) is 1. The van der Waals surface area contributed by atoms with Crippen molar-refractivity contribution < 1.29 is 4.79 Å². The lowest BCUT2D eigenvalue weighted by Crippen LogP contribution is -2.31. The zero-order chi connectivity index (χ0) is 12.7. The summed E-state index contributed by atoms with van der Waals surface area (Å²) in [6, 6.07) is 0. The van der Waals surface area contributed by atoms with Gasteiger partial charge in [0.2, 0.25) is 0 Å². The molecule has 98 valence electrons. The highest BCUT2D eigenvalue weighted by Crippen LogP contribution is 2.47. The second-order valence-electron chi connectivity index (χ2n) is 5.61. The molecule has 1 aromatic heterocycles. The van der Waals surface area contributed by atoms with Gasteiger partial charge in [0.05, 0.1) is 5.69 Å². The van der Waals surface area contributed by atoms with E-state index in [4.69, 9.17) is 5.73 Å². The number of carbonyl (C=O) groups is 1. The van der Waals surface area contributed by atoms with Crippen LogP contribution in [0.1, 0.15) is 41.0 Å². The molecule has 2 fully saturated rings. The van der Waals surface area contributed by atoms with Crippen LogP contribution in [0, 0.1) is 24.7 Å². The molecule has 1 heterocycles. The molecule has 2 bridgehead atoms. The Labute approximate surface area is 111 Å². The number of anilines is 1. The molecule has 0 saturated heterocycles. The lowest BCUT2D eigenvalue weighted by Gasteiger charge is -2.21. The van der Waals surface area contributed by atoms with Gasteiger partial charge in [0.25, 0.3) is 5.91 Å². The van der Waals surface area contributed by atoms with Gasteiger partial charge in [0, 0.05) is 6.54 Å². The minimum absolute atomic E-state index is 0.00975.